The summed E-state index contributed by atoms with van der Waals surface area (Å²) in [7, 11) is 0. The fraction of sp³-hybridized carbons (Fsp3) is 0. The predicted octanol–water partition coefficient (Wildman–Crippen LogP) is 1.93. The molecule has 4 rings (SSSR count). The first kappa shape index (κ1) is 13.1. The first-order valence-corrected chi connectivity index (χ1v) is 6.92. The van der Waals surface area contributed by atoms with Crippen molar-refractivity contribution in [3.63, 3.8) is 0 Å². The van der Waals surface area contributed by atoms with Crippen LogP contribution in [0.1, 0.15) is 0 Å². The number of aromatic nitrogens is 6. The van der Waals surface area contributed by atoms with Crippen LogP contribution in [0.15, 0.2) is 55.0 Å². The molecule has 0 saturated heterocycles. The van der Waals surface area contributed by atoms with Crippen LogP contribution in [0.5, 0.6) is 0 Å². The molecule has 1 aromatic carbocycles. The minimum absolute atomic E-state index is 0.369. The van der Waals surface area contributed by atoms with Crippen molar-refractivity contribution in [2.75, 3.05) is 11.1 Å². The molecule has 0 fully saturated rings. The fourth-order valence-electron chi connectivity index (χ4n) is 2.24. The molecule has 0 amide bonds. The molecule has 3 N–H and O–H groups in total. The molecular formula is C15H12N8. The minimum atomic E-state index is 0.369. The highest BCUT2D eigenvalue weighted by Gasteiger charge is 2.14. The molecule has 0 aliphatic rings. The Bertz CT molecular complexity index is 964. The molecule has 0 spiro atoms. The molecule has 0 atom stereocenters. The average molecular weight is 304 g/mol. The summed E-state index contributed by atoms with van der Waals surface area (Å²) < 4.78 is 1.59. The molecule has 0 radical (unpaired) electrons. The Hall–Kier alpha value is -3.55. The number of nitrogen functional groups attached to an aromatic ring is 1. The van der Waals surface area contributed by atoms with Crippen molar-refractivity contribution in [3.8, 4) is 5.82 Å². The van der Waals surface area contributed by atoms with Crippen molar-refractivity contribution in [1.29, 1.82) is 0 Å². The number of fused-ring (bicyclic) bond motifs is 1. The smallest absolute Gasteiger partial charge is 0.184 e. The van der Waals surface area contributed by atoms with Crippen LogP contribution < -0.4 is 11.1 Å². The third kappa shape index (κ3) is 2.31. The van der Waals surface area contributed by atoms with Gasteiger partial charge in [0.15, 0.2) is 11.6 Å². The standard InChI is InChI=1S/C15H12N8/c16-13-14(20-12-7-3-4-8-17-12)18-9-19-15(13)23-11-6-2-1-5-10(11)21-22-23/h1-9H,16H2,(H,17,18,19,20). The van der Waals surface area contributed by atoms with Gasteiger partial charge in [-0.1, -0.05) is 23.4 Å². The summed E-state index contributed by atoms with van der Waals surface area (Å²) in [5.41, 5.74) is 8.17. The quantitative estimate of drug-likeness (QED) is 0.595. The van der Waals surface area contributed by atoms with Crippen LogP contribution >= 0.6 is 0 Å². The summed E-state index contributed by atoms with van der Waals surface area (Å²) in [4.78, 5) is 12.6. The van der Waals surface area contributed by atoms with E-state index in [-0.39, 0.29) is 0 Å². The maximum Gasteiger partial charge on any atom is 0.184 e. The maximum absolute atomic E-state index is 6.21. The molecule has 8 heteroatoms. The lowest BCUT2D eigenvalue weighted by atomic mass is 10.3. The van der Waals surface area contributed by atoms with Crippen molar-refractivity contribution in [3.05, 3.63) is 55.0 Å². The molecule has 0 aliphatic carbocycles. The largest absolute Gasteiger partial charge is 0.393 e. The van der Waals surface area contributed by atoms with Gasteiger partial charge in [-0.2, -0.15) is 4.68 Å². The zero-order valence-corrected chi connectivity index (χ0v) is 12.0. The van der Waals surface area contributed by atoms with Gasteiger partial charge >= 0.3 is 0 Å². The van der Waals surface area contributed by atoms with E-state index in [4.69, 9.17) is 5.73 Å². The van der Waals surface area contributed by atoms with Gasteiger partial charge in [0.2, 0.25) is 0 Å². The Labute approximate surface area is 131 Å². The fourth-order valence-corrected chi connectivity index (χ4v) is 2.24. The Morgan fingerprint density at radius 2 is 1.83 bits per heavy atom. The van der Waals surface area contributed by atoms with E-state index in [0.29, 0.717) is 23.1 Å². The number of hydrogen-bond acceptors (Lipinski definition) is 7. The van der Waals surface area contributed by atoms with Crippen LogP contribution in [0, 0.1) is 0 Å². The van der Waals surface area contributed by atoms with E-state index in [1.165, 1.54) is 6.33 Å². The SMILES string of the molecule is Nc1c(Nc2ccccn2)ncnc1-n1nnc2ccccc21. The van der Waals surface area contributed by atoms with E-state index < -0.39 is 0 Å². The van der Waals surface area contributed by atoms with Crippen LogP contribution in [-0.2, 0) is 0 Å². The first-order chi connectivity index (χ1) is 11.3. The Morgan fingerprint density at radius 3 is 2.70 bits per heavy atom. The van der Waals surface area contributed by atoms with Crippen LogP contribution in [0.3, 0.4) is 0 Å². The molecule has 4 aromatic rings. The molecule has 0 aliphatic heterocycles. The van der Waals surface area contributed by atoms with Gasteiger partial charge in [-0.3, -0.25) is 0 Å². The average Bonchev–Trinajstić information content (AvgIpc) is 3.02. The summed E-state index contributed by atoms with van der Waals surface area (Å²) in [5.74, 6) is 1.58. The Balaban J connectivity index is 1.80. The first-order valence-electron chi connectivity index (χ1n) is 6.92. The van der Waals surface area contributed by atoms with Gasteiger partial charge in [0.25, 0.3) is 0 Å². The van der Waals surface area contributed by atoms with Gasteiger partial charge < -0.3 is 11.1 Å². The highest BCUT2D eigenvalue weighted by atomic mass is 15.4. The van der Waals surface area contributed by atoms with Crippen LogP contribution in [0.25, 0.3) is 16.9 Å². The van der Waals surface area contributed by atoms with Gasteiger partial charge in [0.1, 0.15) is 23.3 Å². The summed E-state index contributed by atoms with van der Waals surface area (Å²) in [6.45, 7) is 0. The summed E-state index contributed by atoms with van der Waals surface area (Å²) >= 11 is 0. The second-order valence-electron chi connectivity index (χ2n) is 4.79. The number of nitrogens with two attached hydrogens (primary N) is 1. The number of hydrogen-bond donors (Lipinski definition) is 2. The molecule has 23 heavy (non-hydrogen) atoms. The van der Waals surface area contributed by atoms with Crippen molar-refractivity contribution in [2.45, 2.75) is 0 Å². The predicted molar refractivity (Wildman–Crippen MR) is 86.4 cm³/mol. The topological polar surface area (TPSA) is 107 Å². The molecule has 0 saturated carbocycles. The summed E-state index contributed by atoms with van der Waals surface area (Å²) in [6.07, 6.45) is 3.11. The van der Waals surface area contributed by atoms with Gasteiger partial charge in [-0.15, -0.1) is 5.10 Å². The highest BCUT2D eigenvalue weighted by Crippen LogP contribution is 2.25. The highest BCUT2D eigenvalue weighted by molar-refractivity contribution is 5.79. The van der Waals surface area contributed by atoms with E-state index >= 15 is 0 Å². The summed E-state index contributed by atoms with van der Waals surface area (Å²) in [6, 6.07) is 13.1. The van der Waals surface area contributed by atoms with Gasteiger partial charge in [-0.05, 0) is 24.3 Å². The van der Waals surface area contributed by atoms with Crippen LogP contribution in [0.4, 0.5) is 17.3 Å². The van der Waals surface area contributed by atoms with Crippen LogP contribution in [-0.4, -0.2) is 29.9 Å². The third-order valence-electron chi connectivity index (χ3n) is 3.33. The normalized spacial score (nSPS) is 10.8. The molecule has 112 valence electrons. The Kier molecular flexibility index (Phi) is 3.05. The number of anilines is 3. The molecule has 8 nitrogen and oxygen atoms in total. The van der Waals surface area contributed by atoms with Crippen molar-refractivity contribution < 1.29 is 0 Å². The van der Waals surface area contributed by atoms with E-state index in [0.717, 1.165) is 11.0 Å². The third-order valence-corrected chi connectivity index (χ3v) is 3.33. The molecule has 3 aromatic heterocycles. The second-order valence-corrected chi connectivity index (χ2v) is 4.79. The number of rotatable bonds is 3. The van der Waals surface area contributed by atoms with Gasteiger partial charge in [0.05, 0.1) is 5.52 Å². The second kappa shape index (κ2) is 5.34. The Morgan fingerprint density at radius 1 is 0.957 bits per heavy atom. The number of benzene rings is 1. The lowest BCUT2D eigenvalue weighted by Crippen LogP contribution is -2.09. The monoisotopic (exact) mass is 304 g/mol. The molecule has 3 heterocycles. The number of nitrogens with one attached hydrogen (secondary N) is 1. The zero-order chi connectivity index (χ0) is 15.6. The van der Waals surface area contributed by atoms with Gasteiger partial charge in [0, 0.05) is 6.20 Å². The van der Waals surface area contributed by atoms with Crippen molar-refractivity contribution in [1.82, 2.24) is 29.9 Å². The van der Waals surface area contributed by atoms with E-state index in [1.54, 1.807) is 10.9 Å². The molecule has 0 bridgehead atoms. The number of pyridine rings is 1. The van der Waals surface area contributed by atoms with Crippen LogP contribution in [0.2, 0.25) is 0 Å². The van der Waals surface area contributed by atoms with Crippen molar-refractivity contribution in [2.24, 2.45) is 0 Å². The molecular weight excluding hydrogens is 292 g/mol. The summed E-state index contributed by atoms with van der Waals surface area (Å²) in [5, 5.41) is 11.3. The number of nitrogens with zero attached hydrogens (tertiary/aromatic N) is 6. The van der Waals surface area contributed by atoms with E-state index in [9.17, 15) is 0 Å². The zero-order valence-electron chi connectivity index (χ0n) is 12.0. The van der Waals surface area contributed by atoms with E-state index in [1.807, 2.05) is 42.5 Å². The lowest BCUT2D eigenvalue weighted by molar-refractivity contribution is 0.800. The minimum Gasteiger partial charge on any atom is -0.393 e. The maximum atomic E-state index is 6.21. The van der Waals surface area contributed by atoms with Gasteiger partial charge in [-0.25, -0.2) is 15.0 Å². The van der Waals surface area contributed by atoms with Crippen molar-refractivity contribution >= 4 is 28.4 Å². The lowest BCUT2D eigenvalue weighted by Gasteiger charge is -2.10. The number of para-hydroxylation sites is 1. The van der Waals surface area contributed by atoms with E-state index in [2.05, 4.69) is 30.6 Å². The molecule has 0 unspecified atom stereocenters.